The molecule has 0 aromatic carbocycles. The van der Waals surface area contributed by atoms with Crippen LogP contribution in [0.5, 0.6) is 0 Å². The van der Waals surface area contributed by atoms with Crippen molar-refractivity contribution in [1.29, 1.82) is 0 Å². The molecule has 7 heteroatoms. The van der Waals surface area contributed by atoms with E-state index in [2.05, 4.69) is 0 Å². The van der Waals surface area contributed by atoms with E-state index in [4.69, 9.17) is 9.84 Å². The fraction of sp³-hybridized carbons (Fsp3) is 1.00. The van der Waals surface area contributed by atoms with E-state index in [-0.39, 0.29) is 16.9 Å². The number of hydrogen-bond donors (Lipinski definition) is 4. The highest BCUT2D eigenvalue weighted by atomic mass is 35.5. The highest BCUT2D eigenvalue weighted by Gasteiger charge is 2.50. The Kier molecular flexibility index (Phi) is 5.61. The number of rotatable bonds is 2. The molecule has 1 rings (SSSR count). The maximum atomic E-state index is 9.83. The lowest BCUT2D eigenvalue weighted by molar-refractivity contribution is -0.909. The van der Waals surface area contributed by atoms with Gasteiger partial charge in [-0.05, 0) is 0 Å². The second-order valence-corrected chi connectivity index (χ2v) is 4.84. The lowest BCUT2D eigenvalue weighted by atomic mass is 9.95. The van der Waals surface area contributed by atoms with E-state index in [1.54, 1.807) is 21.1 Å². The smallest absolute Gasteiger partial charge is 0.211 e. The monoisotopic (exact) mass is 257 g/mol. The molecule has 6 nitrogen and oxygen atoms in total. The standard InChI is InChI=1S/C9H20NO5.ClH/c1-10(2,3)6-8(13)7(12)5(4-11)15-9(6)14;/h5-9,11-14H,4H2,1-3H3;1H/q+1;/p-1/t5-,6-,7-,8-,9+;/m1./s1. The lowest BCUT2D eigenvalue weighted by Gasteiger charge is -2.46. The minimum absolute atomic E-state index is 0. The van der Waals surface area contributed by atoms with Crippen molar-refractivity contribution in [3.63, 3.8) is 0 Å². The molecule has 0 aromatic heterocycles. The molecule has 1 aliphatic rings. The van der Waals surface area contributed by atoms with Crippen molar-refractivity contribution in [1.82, 2.24) is 0 Å². The van der Waals surface area contributed by atoms with Crippen LogP contribution in [0.4, 0.5) is 0 Å². The molecule has 16 heavy (non-hydrogen) atoms. The van der Waals surface area contributed by atoms with Gasteiger partial charge >= 0.3 is 0 Å². The largest absolute Gasteiger partial charge is 1.00 e. The number of halogens is 1. The zero-order valence-electron chi connectivity index (χ0n) is 9.62. The Morgan fingerprint density at radius 3 is 1.94 bits per heavy atom. The Balaban J connectivity index is 0.00000225. The average Bonchev–Trinajstić information content (AvgIpc) is 2.09. The number of quaternary nitrogens is 1. The molecule has 1 fully saturated rings. The predicted octanol–water partition coefficient (Wildman–Crippen LogP) is -5.50. The van der Waals surface area contributed by atoms with Gasteiger partial charge in [0.25, 0.3) is 0 Å². The van der Waals surface area contributed by atoms with Crippen LogP contribution in [0.15, 0.2) is 0 Å². The number of nitrogens with zero attached hydrogens (tertiary/aromatic N) is 1. The summed E-state index contributed by atoms with van der Waals surface area (Å²) in [4.78, 5) is 0. The second-order valence-electron chi connectivity index (χ2n) is 4.84. The molecule has 1 saturated heterocycles. The van der Waals surface area contributed by atoms with Gasteiger partial charge < -0.3 is 42.1 Å². The van der Waals surface area contributed by atoms with Crippen LogP contribution in [0.25, 0.3) is 0 Å². The van der Waals surface area contributed by atoms with Gasteiger partial charge in [-0.1, -0.05) is 0 Å². The van der Waals surface area contributed by atoms with E-state index < -0.39 is 37.3 Å². The van der Waals surface area contributed by atoms with Gasteiger partial charge in [0.1, 0.15) is 18.3 Å². The molecule has 0 aromatic rings. The maximum Gasteiger partial charge on any atom is 0.211 e. The van der Waals surface area contributed by atoms with E-state index in [0.717, 1.165) is 0 Å². The SMILES string of the molecule is C[N+](C)(C)[C@@H]1[C@@H](O)[C@H](O)[C@@H](CO)O[C@@H]1O.[Cl-]. The van der Waals surface area contributed by atoms with Crippen molar-refractivity contribution >= 4 is 0 Å². The van der Waals surface area contributed by atoms with E-state index >= 15 is 0 Å². The summed E-state index contributed by atoms with van der Waals surface area (Å²) in [5.74, 6) is 0. The highest BCUT2D eigenvalue weighted by molar-refractivity contribution is 4.89. The molecule has 0 aliphatic carbocycles. The summed E-state index contributed by atoms with van der Waals surface area (Å²) in [5.41, 5.74) is 0. The molecule has 0 saturated carbocycles. The number of aliphatic hydroxyl groups excluding tert-OH is 4. The third-order valence-corrected chi connectivity index (χ3v) is 2.76. The van der Waals surface area contributed by atoms with Gasteiger partial charge in [-0.2, -0.15) is 0 Å². The predicted molar refractivity (Wildman–Crippen MR) is 51.8 cm³/mol. The number of ether oxygens (including phenoxy) is 1. The van der Waals surface area contributed by atoms with Crippen LogP contribution in [0.3, 0.4) is 0 Å². The summed E-state index contributed by atoms with van der Waals surface area (Å²) in [6, 6.07) is -0.636. The van der Waals surface area contributed by atoms with Gasteiger partial charge in [-0.15, -0.1) is 0 Å². The van der Waals surface area contributed by atoms with E-state index in [1.807, 2.05) is 0 Å². The third kappa shape index (κ3) is 3.04. The van der Waals surface area contributed by atoms with Crippen LogP contribution in [-0.4, -0.2) is 83.3 Å². The second kappa shape index (κ2) is 5.59. The lowest BCUT2D eigenvalue weighted by Crippen LogP contribution is -3.00. The fourth-order valence-corrected chi connectivity index (χ4v) is 1.92. The molecule has 0 radical (unpaired) electrons. The van der Waals surface area contributed by atoms with Crippen LogP contribution in [0.2, 0.25) is 0 Å². The number of aliphatic hydroxyl groups is 4. The first-order valence-corrected chi connectivity index (χ1v) is 4.90. The quantitative estimate of drug-likeness (QED) is 0.371. The summed E-state index contributed by atoms with van der Waals surface area (Å²) in [6.45, 7) is -0.431. The van der Waals surface area contributed by atoms with Gasteiger partial charge in [-0.3, -0.25) is 0 Å². The zero-order valence-corrected chi connectivity index (χ0v) is 10.4. The van der Waals surface area contributed by atoms with E-state index in [0.29, 0.717) is 0 Å². The Labute approximate surface area is 101 Å². The van der Waals surface area contributed by atoms with Gasteiger partial charge in [-0.25, -0.2) is 0 Å². The van der Waals surface area contributed by atoms with Crippen molar-refractivity contribution in [2.24, 2.45) is 0 Å². The summed E-state index contributed by atoms with van der Waals surface area (Å²) >= 11 is 0. The summed E-state index contributed by atoms with van der Waals surface area (Å²) in [7, 11) is 5.35. The molecule has 0 spiro atoms. The fourth-order valence-electron chi connectivity index (χ4n) is 1.92. The molecular weight excluding hydrogens is 238 g/mol. The van der Waals surface area contributed by atoms with Crippen molar-refractivity contribution in [3.8, 4) is 0 Å². The minimum atomic E-state index is -1.19. The van der Waals surface area contributed by atoms with Gasteiger partial charge in [0, 0.05) is 0 Å². The molecule has 1 aliphatic heterocycles. The molecule has 1 heterocycles. The first-order chi connectivity index (χ1) is 6.79. The molecule has 5 atom stereocenters. The molecule has 0 bridgehead atoms. The van der Waals surface area contributed by atoms with Crippen LogP contribution in [0, 0.1) is 0 Å². The summed E-state index contributed by atoms with van der Waals surface area (Å²) in [5, 5.41) is 38.0. The van der Waals surface area contributed by atoms with Gasteiger partial charge in [0.2, 0.25) is 6.29 Å². The molecule has 98 valence electrons. The van der Waals surface area contributed by atoms with E-state index in [9.17, 15) is 15.3 Å². The topological polar surface area (TPSA) is 90.2 Å². The minimum Gasteiger partial charge on any atom is -1.00 e. The summed E-state index contributed by atoms with van der Waals surface area (Å²) < 4.78 is 5.30. The van der Waals surface area contributed by atoms with Crippen molar-refractivity contribution in [2.75, 3.05) is 27.7 Å². The Hall–Kier alpha value is 0.0500. The van der Waals surface area contributed by atoms with Crippen LogP contribution in [-0.2, 0) is 4.74 Å². The molecule has 0 amide bonds. The molecule has 0 unspecified atom stereocenters. The van der Waals surface area contributed by atoms with Crippen LogP contribution in [0.1, 0.15) is 0 Å². The van der Waals surface area contributed by atoms with Crippen molar-refractivity contribution in [2.45, 2.75) is 30.6 Å². The average molecular weight is 258 g/mol. The van der Waals surface area contributed by atoms with Crippen LogP contribution >= 0.6 is 0 Å². The maximum absolute atomic E-state index is 9.83. The highest BCUT2D eigenvalue weighted by Crippen LogP contribution is 2.25. The van der Waals surface area contributed by atoms with Crippen molar-refractivity contribution < 1.29 is 42.1 Å². The van der Waals surface area contributed by atoms with Crippen LogP contribution < -0.4 is 12.4 Å². The molecule has 4 N–H and O–H groups in total. The first-order valence-electron chi connectivity index (χ1n) is 4.90. The zero-order chi connectivity index (χ0) is 11.8. The normalized spacial score (nSPS) is 40.3. The number of hydrogen-bond acceptors (Lipinski definition) is 5. The summed E-state index contributed by atoms with van der Waals surface area (Å²) in [6.07, 6.45) is -4.43. The third-order valence-electron chi connectivity index (χ3n) is 2.76. The van der Waals surface area contributed by atoms with Gasteiger partial charge in [0.15, 0.2) is 6.04 Å². The Morgan fingerprint density at radius 2 is 1.56 bits per heavy atom. The Bertz CT molecular complexity index is 222. The first kappa shape index (κ1) is 16.1. The Morgan fingerprint density at radius 1 is 1.06 bits per heavy atom. The number of likely N-dealkylation sites (N-methyl/N-ethyl adjacent to an activating group) is 1. The van der Waals surface area contributed by atoms with E-state index in [1.165, 1.54) is 0 Å². The van der Waals surface area contributed by atoms with Crippen molar-refractivity contribution in [3.05, 3.63) is 0 Å². The molecular formula is C9H20ClNO5. The van der Waals surface area contributed by atoms with Gasteiger partial charge in [0.05, 0.1) is 27.7 Å².